The molecule has 0 spiro atoms. The Balaban J connectivity index is 2.63. The lowest BCUT2D eigenvalue weighted by atomic mass is 10.3. The summed E-state index contributed by atoms with van der Waals surface area (Å²) in [7, 11) is 0. The molecule has 1 aromatic carbocycles. The quantitative estimate of drug-likeness (QED) is 0.513. The second-order valence-electron chi connectivity index (χ2n) is 2.68. The normalized spacial score (nSPS) is 12.2. The lowest BCUT2D eigenvalue weighted by molar-refractivity contribution is -0.798. The molecule has 1 aromatic heterocycles. The molecule has 0 radical (unpaired) electrons. The number of hydrogen-bond donors (Lipinski definition) is 2. The van der Waals surface area contributed by atoms with Crippen LogP contribution in [0.3, 0.4) is 0 Å². The van der Waals surface area contributed by atoms with Gasteiger partial charge in [-0.25, -0.2) is 4.98 Å². The van der Waals surface area contributed by atoms with Crippen molar-refractivity contribution in [2.24, 2.45) is 0 Å². The summed E-state index contributed by atoms with van der Waals surface area (Å²) in [5, 5.41) is 29.7. The van der Waals surface area contributed by atoms with Gasteiger partial charge in [0, 0.05) is 0 Å². The van der Waals surface area contributed by atoms with E-state index in [0.717, 1.165) is 0 Å². The number of imidazole rings is 1. The van der Waals surface area contributed by atoms with Crippen LogP contribution in [0.25, 0.3) is 11.0 Å². The highest BCUT2D eigenvalue weighted by Crippen LogP contribution is 2.13. The summed E-state index contributed by atoms with van der Waals surface area (Å²) >= 11 is 0. The van der Waals surface area contributed by atoms with Gasteiger partial charge in [0.2, 0.25) is 0 Å². The predicted octanol–water partition coefficient (Wildman–Crippen LogP) is -1.61. The number of nitrogens with one attached hydrogen (secondary N) is 1. The predicted molar refractivity (Wildman–Crippen MR) is 40.0 cm³/mol. The average molecular weight is 178 g/mol. The van der Waals surface area contributed by atoms with E-state index in [1.807, 2.05) is 0 Å². The molecular formula is C8H6N2O3-2. The number of rotatable bonds is 1. The van der Waals surface area contributed by atoms with Gasteiger partial charge in [-0.3, -0.25) is 0 Å². The van der Waals surface area contributed by atoms with E-state index in [2.05, 4.69) is 9.97 Å². The Kier molecular flexibility index (Phi) is 1.59. The summed E-state index contributed by atoms with van der Waals surface area (Å²) in [4.78, 5) is 6.10. The van der Waals surface area contributed by atoms with Crippen molar-refractivity contribution in [2.45, 2.75) is 5.97 Å². The first kappa shape index (κ1) is 8.18. The molecule has 5 heteroatoms. The van der Waals surface area contributed by atoms with Crippen LogP contribution in [-0.4, -0.2) is 15.1 Å². The largest absolute Gasteiger partial charge is 0.836 e. The Hall–Kier alpha value is -1.43. The highest BCUT2D eigenvalue weighted by molar-refractivity contribution is 5.74. The minimum absolute atomic E-state index is 0.489. The van der Waals surface area contributed by atoms with Crippen LogP contribution in [-0.2, 0) is 5.97 Å². The second-order valence-corrected chi connectivity index (χ2v) is 2.68. The topological polar surface area (TPSA) is 95.0 Å². The monoisotopic (exact) mass is 178 g/mol. The Bertz CT molecular complexity index is 397. The third-order valence-electron chi connectivity index (χ3n) is 1.69. The molecule has 0 bridgehead atoms. The van der Waals surface area contributed by atoms with Gasteiger partial charge in [0.1, 0.15) is 5.82 Å². The molecule has 2 aromatic rings. The first-order valence-electron chi connectivity index (χ1n) is 3.66. The molecule has 2 rings (SSSR count). The molecule has 5 nitrogen and oxygen atoms in total. The number of fused-ring (bicyclic) bond motifs is 1. The summed E-state index contributed by atoms with van der Waals surface area (Å²) in [6.45, 7) is 0. The first-order valence-corrected chi connectivity index (χ1v) is 3.66. The molecule has 1 heterocycles. The van der Waals surface area contributed by atoms with Crippen LogP contribution in [0.4, 0.5) is 0 Å². The molecular weight excluding hydrogens is 172 g/mol. The lowest BCUT2D eigenvalue weighted by Crippen LogP contribution is -2.53. The molecule has 0 unspecified atom stereocenters. The van der Waals surface area contributed by atoms with Crippen molar-refractivity contribution in [3.63, 3.8) is 0 Å². The summed E-state index contributed by atoms with van der Waals surface area (Å²) in [6.07, 6.45) is 0. The van der Waals surface area contributed by atoms with Crippen LogP contribution in [0, 0.1) is 0 Å². The highest BCUT2D eigenvalue weighted by atomic mass is 16.7. The van der Waals surface area contributed by atoms with Crippen molar-refractivity contribution < 1.29 is 15.3 Å². The first-order chi connectivity index (χ1) is 6.07. The SMILES string of the molecule is [O-]C([O-])(O)c1nc2ccccc2[nH]1. The Morgan fingerprint density at radius 1 is 1.31 bits per heavy atom. The van der Waals surface area contributed by atoms with Gasteiger partial charge in [-0.1, -0.05) is 12.1 Å². The molecule has 0 atom stereocenters. The Labute approximate surface area is 73.3 Å². The molecule has 2 N–H and O–H groups in total. The van der Waals surface area contributed by atoms with E-state index >= 15 is 0 Å². The zero-order chi connectivity index (χ0) is 9.47. The lowest BCUT2D eigenvalue weighted by Gasteiger charge is -2.39. The maximum Gasteiger partial charge on any atom is 0.105 e. The van der Waals surface area contributed by atoms with Gasteiger partial charge in [-0.05, 0) is 18.1 Å². The van der Waals surface area contributed by atoms with Crippen molar-refractivity contribution in [2.75, 3.05) is 0 Å². The van der Waals surface area contributed by atoms with E-state index in [4.69, 9.17) is 5.11 Å². The third kappa shape index (κ3) is 1.40. The molecule has 0 aliphatic carbocycles. The number of benzene rings is 1. The fraction of sp³-hybridized carbons (Fsp3) is 0.125. The maximum absolute atomic E-state index is 10.6. The summed E-state index contributed by atoms with van der Waals surface area (Å²) in [6, 6.07) is 6.76. The number of hydrogen-bond acceptors (Lipinski definition) is 4. The Morgan fingerprint density at radius 3 is 2.62 bits per heavy atom. The van der Waals surface area contributed by atoms with Crippen LogP contribution < -0.4 is 10.2 Å². The summed E-state index contributed by atoms with van der Waals surface area (Å²) in [5.41, 5.74) is 1.05. The summed E-state index contributed by atoms with van der Waals surface area (Å²) in [5.74, 6) is -3.91. The van der Waals surface area contributed by atoms with Gasteiger partial charge in [-0.15, -0.1) is 0 Å². The van der Waals surface area contributed by atoms with Gasteiger partial charge in [0.05, 0.1) is 11.0 Å². The number of para-hydroxylation sites is 2. The minimum Gasteiger partial charge on any atom is -0.836 e. The molecule has 68 valence electrons. The molecule has 0 amide bonds. The van der Waals surface area contributed by atoms with E-state index < -0.39 is 11.8 Å². The van der Waals surface area contributed by atoms with E-state index in [1.54, 1.807) is 24.3 Å². The molecule has 0 fully saturated rings. The highest BCUT2D eigenvalue weighted by Gasteiger charge is 2.06. The van der Waals surface area contributed by atoms with Crippen molar-refractivity contribution in [1.29, 1.82) is 0 Å². The van der Waals surface area contributed by atoms with E-state index in [1.165, 1.54) is 0 Å². The zero-order valence-corrected chi connectivity index (χ0v) is 6.52. The molecule has 0 aliphatic heterocycles. The number of aliphatic hydroxyl groups is 1. The van der Waals surface area contributed by atoms with E-state index in [-0.39, 0.29) is 0 Å². The standard InChI is InChI=1S/C8H6N2O3/c11-8(12,13)7-9-5-3-1-2-4-6(5)10-7/h1-4,11H,(H,9,10)/q-2. The van der Waals surface area contributed by atoms with E-state index in [9.17, 15) is 10.2 Å². The van der Waals surface area contributed by atoms with E-state index in [0.29, 0.717) is 11.0 Å². The number of aromatic amines is 1. The van der Waals surface area contributed by atoms with Gasteiger partial charge >= 0.3 is 0 Å². The minimum atomic E-state index is -3.40. The summed E-state index contributed by atoms with van der Waals surface area (Å²) < 4.78 is 0. The van der Waals surface area contributed by atoms with Crippen molar-refractivity contribution in [1.82, 2.24) is 9.97 Å². The van der Waals surface area contributed by atoms with Crippen LogP contribution in [0.1, 0.15) is 5.82 Å². The fourth-order valence-electron chi connectivity index (χ4n) is 1.10. The van der Waals surface area contributed by atoms with Crippen molar-refractivity contribution in [3.05, 3.63) is 30.1 Å². The second kappa shape index (κ2) is 2.53. The molecule has 13 heavy (non-hydrogen) atoms. The zero-order valence-electron chi connectivity index (χ0n) is 6.52. The van der Waals surface area contributed by atoms with Crippen LogP contribution in [0.2, 0.25) is 0 Å². The van der Waals surface area contributed by atoms with Crippen LogP contribution in [0.5, 0.6) is 0 Å². The number of H-pyrrole nitrogens is 1. The number of aromatic nitrogens is 2. The Morgan fingerprint density at radius 2 is 2.00 bits per heavy atom. The van der Waals surface area contributed by atoms with Gasteiger partial charge in [0.25, 0.3) is 0 Å². The third-order valence-corrected chi connectivity index (χ3v) is 1.69. The van der Waals surface area contributed by atoms with Gasteiger partial charge in [-0.2, -0.15) is 0 Å². The fourth-order valence-corrected chi connectivity index (χ4v) is 1.10. The van der Waals surface area contributed by atoms with Gasteiger partial charge < -0.3 is 20.3 Å². The van der Waals surface area contributed by atoms with Gasteiger partial charge in [0.15, 0.2) is 0 Å². The molecule has 0 aliphatic rings. The van der Waals surface area contributed by atoms with Crippen LogP contribution in [0.15, 0.2) is 24.3 Å². The van der Waals surface area contributed by atoms with Crippen LogP contribution >= 0.6 is 0 Å². The molecule has 0 saturated carbocycles. The smallest absolute Gasteiger partial charge is 0.105 e. The average Bonchev–Trinajstić information content (AvgIpc) is 2.45. The van der Waals surface area contributed by atoms with Crippen molar-refractivity contribution in [3.8, 4) is 0 Å². The van der Waals surface area contributed by atoms with Crippen molar-refractivity contribution >= 4 is 11.0 Å². The molecule has 0 saturated heterocycles. The number of nitrogens with zero attached hydrogens (tertiary/aromatic N) is 1. The maximum atomic E-state index is 10.6.